The van der Waals surface area contributed by atoms with Crippen molar-refractivity contribution < 1.29 is 0 Å². The van der Waals surface area contributed by atoms with E-state index in [1.807, 2.05) is 30.6 Å². The van der Waals surface area contributed by atoms with Crippen molar-refractivity contribution in [3.8, 4) is 11.3 Å². The zero-order valence-electron chi connectivity index (χ0n) is 15.2. The Balaban J connectivity index is 1.76. The minimum atomic E-state index is 0.694. The highest BCUT2D eigenvalue weighted by Gasteiger charge is 2.15. The van der Waals surface area contributed by atoms with Gasteiger partial charge in [0.2, 0.25) is 5.95 Å². The molecule has 5 nitrogen and oxygen atoms in total. The zero-order valence-corrected chi connectivity index (χ0v) is 15.2. The summed E-state index contributed by atoms with van der Waals surface area (Å²) < 4.78 is 0. The molecule has 0 aromatic carbocycles. The highest BCUT2D eigenvalue weighted by atomic mass is 15.1. The van der Waals surface area contributed by atoms with Gasteiger partial charge in [0, 0.05) is 25.5 Å². The van der Waals surface area contributed by atoms with Gasteiger partial charge in [0.25, 0.3) is 0 Å². The minimum Gasteiger partial charge on any atom is -0.369 e. The number of anilines is 2. The number of unbranched alkanes of at least 4 members (excludes halogenated alkanes) is 1. The van der Waals surface area contributed by atoms with E-state index in [0.717, 1.165) is 48.9 Å². The predicted octanol–water partition coefficient (Wildman–Crippen LogP) is 4.74. The van der Waals surface area contributed by atoms with Gasteiger partial charge in [-0.3, -0.25) is 4.98 Å². The third kappa shape index (κ3) is 5.15. The van der Waals surface area contributed by atoms with Gasteiger partial charge in [-0.25, -0.2) is 4.98 Å². The first-order valence-electron chi connectivity index (χ1n) is 9.63. The van der Waals surface area contributed by atoms with E-state index < -0.39 is 0 Å². The van der Waals surface area contributed by atoms with Crippen LogP contribution in [0.15, 0.2) is 30.6 Å². The average molecular weight is 339 g/mol. The van der Waals surface area contributed by atoms with E-state index >= 15 is 0 Å². The van der Waals surface area contributed by atoms with Crippen LogP contribution in [0.25, 0.3) is 11.3 Å². The summed E-state index contributed by atoms with van der Waals surface area (Å²) in [6, 6.07) is 5.94. The summed E-state index contributed by atoms with van der Waals surface area (Å²) in [6.45, 7) is 4.07. The van der Waals surface area contributed by atoms with Crippen LogP contribution in [0.5, 0.6) is 0 Å². The van der Waals surface area contributed by atoms with E-state index in [-0.39, 0.29) is 0 Å². The maximum Gasteiger partial charge on any atom is 0.224 e. The van der Waals surface area contributed by atoms with E-state index in [1.165, 1.54) is 32.1 Å². The minimum absolute atomic E-state index is 0.694. The molecular weight excluding hydrogens is 310 g/mol. The first-order chi connectivity index (χ1) is 12.4. The maximum absolute atomic E-state index is 4.73. The van der Waals surface area contributed by atoms with Gasteiger partial charge in [0.05, 0.1) is 11.3 Å². The number of hydrogen-bond donors (Lipinski definition) is 2. The van der Waals surface area contributed by atoms with E-state index in [2.05, 4.69) is 27.5 Å². The van der Waals surface area contributed by atoms with Gasteiger partial charge in [-0.05, 0) is 37.3 Å². The predicted molar refractivity (Wildman–Crippen MR) is 104 cm³/mol. The normalized spacial score (nSPS) is 15.1. The molecule has 0 atom stereocenters. The van der Waals surface area contributed by atoms with Crippen LogP contribution < -0.4 is 10.6 Å². The number of rotatable bonds is 8. The molecule has 25 heavy (non-hydrogen) atoms. The maximum atomic E-state index is 4.73. The van der Waals surface area contributed by atoms with Crippen LogP contribution in [-0.4, -0.2) is 28.0 Å². The lowest BCUT2D eigenvalue weighted by Gasteiger charge is -2.22. The van der Waals surface area contributed by atoms with Crippen LogP contribution in [0, 0.1) is 5.92 Å². The summed E-state index contributed by atoms with van der Waals surface area (Å²) >= 11 is 0. The summed E-state index contributed by atoms with van der Waals surface area (Å²) in [6.07, 6.45) is 12.7. The molecule has 0 radical (unpaired) electrons. The van der Waals surface area contributed by atoms with Crippen LogP contribution in [0.2, 0.25) is 0 Å². The first-order valence-corrected chi connectivity index (χ1v) is 9.63. The number of pyridine rings is 1. The second-order valence-electron chi connectivity index (χ2n) is 6.84. The van der Waals surface area contributed by atoms with Gasteiger partial charge < -0.3 is 10.6 Å². The van der Waals surface area contributed by atoms with Crippen molar-refractivity contribution in [1.82, 2.24) is 15.0 Å². The molecular formula is C20H29N5. The zero-order chi connectivity index (χ0) is 17.3. The number of nitrogens with one attached hydrogen (secondary N) is 2. The Morgan fingerprint density at radius 2 is 1.96 bits per heavy atom. The quantitative estimate of drug-likeness (QED) is 0.680. The summed E-state index contributed by atoms with van der Waals surface area (Å²) in [5, 5.41) is 6.90. The van der Waals surface area contributed by atoms with Crippen LogP contribution in [0.1, 0.15) is 51.9 Å². The Morgan fingerprint density at radius 1 is 1.08 bits per heavy atom. The molecule has 5 heteroatoms. The molecule has 2 heterocycles. The molecule has 1 aliphatic rings. The fourth-order valence-electron chi connectivity index (χ4n) is 3.32. The van der Waals surface area contributed by atoms with Gasteiger partial charge in [-0.1, -0.05) is 38.7 Å². The molecule has 0 spiro atoms. The van der Waals surface area contributed by atoms with Crippen molar-refractivity contribution in [3.05, 3.63) is 30.6 Å². The van der Waals surface area contributed by atoms with Gasteiger partial charge >= 0.3 is 0 Å². The van der Waals surface area contributed by atoms with Crippen LogP contribution in [-0.2, 0) is 0 Å². The highest BCUT2D eigenvalue weighted by molar-refractivity contribution is 5.72. The molecule has 0 aliphatic heterocycles. The van der Waals surface area contributed by atoms with Crippen molar-refractivity contribution in [2.75, 3.05) is 23.7 Å². The number of aromatic nitrogens is 3. The summed E-state index contributed by atoms with van der Waals surface area (Å²) in [5.74, 6) is 2.33. The molecule has 1 aliphatic carbocycles. The van der Waals surface area contributed by atoms with Gasteiger partial charge in [0.15, 0.2) is 0 Å². The van der Waals surface area contributed by atoms with Gasteiger partial charge in [-0.2, -0.15) is 4.98 Å². The smallest absolute Gasteiger partial charge is 0.224 e. The average Bonchev–Trinajstić information content (AvgIpc) is 2.68. The van der Waals surface area contributed by atoms with E-state index in [0.29, 0.717) is 5.95 Å². The molecule has 2 aromatic rings. The molecule has 1 saturated carbocycles. The molecule has 2 aromatic heterocycles. The Morgan fingerprint density at radius 3 is 2.72 bits per heavy atom. The lowest BCUT2D eigenvalue weighted by molar-refractivity contribution is 0.373. The van der Waals surface area contributed by atoms with Crippen molar-refractivity contribution in [1.29, 1.82) is 0 Å². The van der Waals surface area contributed by atoms with Crippen molar-refractivity contribution in [2.24, 2.45) is 5.92 Å². The SMILES string of the molecule is CCCCNc1ncc(-c2ccccn2)c(NCC2CCCCC2)n1. The Hall–Kier alpha value is -2.17. The van der Waals surface area contributed by atoms with Crippen LogP contribution in [0.4, 0.5) is 11.8 Å². The monoisotopic (exact) mass is 339 g/mol. The van der Waals surface area contributed by atoms with Gasteiger partial charge in [-0.15, -0.1) is 0 Å². The second-order valence-corrected chi connectivity index (χ2v) is 6.84. The molecule has 0 saturated heterocycles. The molecule has 3 rings (SSSR count). The molecule has 134 valence electrons. The largest absolute Gasteiger partial charge is 0.369 e. The molecule has 0 bridgehead atoms. The van der Waals surface area contributed by atoms with Crippen molar-refractivity contribution in [3.63, 3.8) is 0 Å². The van der Waals surface area contributed by atoms with Crippen LogP contribution in [0.3, 0.4) is 0 Å². The van der Waals surface area contributed by atoms with Crippen LogP contribution >= 0.6 is 0 Å². The van der Waals surface area contributed by atoms with Crippen molar-refractivity contribution >= 4 is 11.8 Å². The van der Waals surface area contributed by atoms with E-state index in [9.17, 15) is 0 Å². The lowest BCUT2D eigenvalue weighted by atomic mass is 9.89. The Labute approximate surface area is 150 Å². The molecule has 1 fully saturated rings. The highest BCUT2D eigenvalue weighted by Crippen LogP contribution is 2.27. The third-order valence-corrected chi connectivity index (χ3v) is 4.83. The van der Waals surface area contributed by atoms with E-state index in [1.54, 1.807) is 0 Å². The summed E-state index contributed by atoms with van der Waals surface area (Å²) in [7, 11) is 0. The Kier molecular flexibility index (Phi) is 6.60. The van der Waals surface area contributed by atoms with Gasteiger partial charge in [0.1, 0.15) is 5.82 Å². The topological polar surface area (TPSA) is 62.7 Å². The summed E-state index contributed by atoms with van der Waals surface area (Å²) in [5.41, 5.74) is 1.88. The second kappa shape index (κ2) is 9.35. The number of nitrogens with zero attached hydrogens (tertiary/aromatic N) is 3. The van der Waals surface area contributed by atoms with Crippen molar-refractivity contribution in [2.45, 2.75) is 51.9 Å². The first kappa shape index (κ1) is 17.6. The lowest BCUT2D eigenvalue weighted by Crippen LogP contribution is -2.18. The molecule has 0 unspecified atom stereocenters. The summed E-state index contributed by atoms with van der Waals surface area (Å²) in [4.78, 5) is 13.7. The fraction of sp³-hybridized carbons (Fsp3) is 0.550. The fourth-order valence-corrected chi connectivity index (χ4v) is 3.32. The number of hydrogen-bond acceptors (Lipinski definition) is 5. The Bertz CT molecular complexity index is 638. The standard InChI is InChI=1S/C20H29N5/c1-2-3-12-22-20-24-15-17(18-11-7-8-13-21-18)19(25-20)23-14-16-9-5-4-6-10-16/h7-8,11,13,15-16H,2-6,9-10,12,14H2,1H3,(H2,22,23,24,25). The third-order valence-electron chi connectivity index (χ3n) is 4.83. The molecule has 2 N–H and O–H groups in total. The molecule has 0 amide bonds. The van der Waals surface area contributed by atoms with E-state index in [4.69, 9.17) is 4.98 Å².